The van der Waals surface area contributed by atoms with Crippen LogP contribution in [0.25, 0.3) is 0 Å². The summed E-state index contributed by atoms with van der Waals surface area (Å²) in [5, 5.41) is 8.90. The number of hydrogen-bond acceptors (Lipinski definition) is 3. The van der Waals surface area contributed by atoms with Crippen LogP contribution in [-0.2, 0) is 11.0 Å². The van der Waals surface area contributed by atoms with E-state index in [-0.39, 0.29) is 17.3 Å². The lowest BCUT2D eigenvalue weighted by molar-refractivity contribution is -0.137. The van der Waals surface area contributed by atoms with E-state index in [1.54, 1.807) is 13.8 Å². The van der Waals surface area contributed by atoms with Crippen LogP contribution in [0.3, 0.4) is 0 Å². The fourth-order valence-electron chi connectivity index (χ4n) is 2.54. The lowest BCUT2D eigenvalue weighted by atomic mass is 10.0. The second kappa shape index (κ2) is 5.81. The molecule has 1 aromatic carbocycles. The third-order valence-corrected chi connectivity index (χ3v) is 4.09. The summed E-state index contributed by atoms with van der Waals surface area (Å²) in [6, 6.07) is 4.72. The van der Waals surface area contributed by atoms with Crippen molar-refractivity contribution in [2.24, 2.45) is 0 Å². The topological polar surface area (TPSA) is 47.3 Å². The van der Waals surface area contributed by atoms with Crippen LogP contribution in [0.4, 0.5) is 18.9 Å². The van der Waals surface area contributed by atoms with E-state index in [9.17, 15) is 18.0 Å². The molecule has 1 aliphatic heterocycles. The van der Waals surface area contributed by atoms with E-state index in [0.717, 1.165) is 12.1 Å². The Morgan fingerprint density at radius 1 is 1.38 bits per heavy atom. The molecule has 124 valence electrons. The molecule has 1 heterocycles. The van der Waals surface area contributed by atoms with Crippen molar-refractivity contribution < 1.29 is 18.0 Å². The molecule has 1 amide bonds. The molecule has 24 heavy (non-hydrogen) atoms. The first kappa shape index (κ1) is 17.8. The van der Waals surface area contributed by atoms with Gasteiger partial charge >= 0.3 is 6.18 Å². The number of carbonyl (C=O) groups excluding carboxylic acids is 1. The van der Waals surface area contributed by atoms with Gasteiger partial charge in [-0.05, 0) is 44.3 Å². The summed E-state index contributed by atoms with van der Waals surface area (Å²) in [5.41, 5.74) is -2.69. The smallest absolute Gasteiger partial charge is 0.304 e. The van der Waals surface area contributed by atoms with E-state index in [0.29, 0.717) is 0 Å². The predicted molar refractivity (Wildman–Crippen MR) is 85.9 cm³/mol. The Morgan fingerprint density at radius 3 is 2.50 bits per heavy atom. The van der Waals surface area contributed by atoms with Gasteiger partial charge in [-0.1, -0.05) is 5.92 Å². The van der Waals surface area contributed by atoms with Crippen molar-refractivity contribution in [3.8, 4) is 18.4 Å². The number of halogens is 3. The van der Waals surface area contributed by atoms with Crippen LogP contribution in [-0.4, -0.2) is 28.0 Å². The van der Waals surface area contributed by atoms with Crippen molar-refractivity contribution in [2.45, 2.75) is 25.6 Å². The van der Waals surface area contributed by atoms with Crippen LogP contribution >= 0.6 is 12.2 Å². The molecule has 0 aliphatic carbocycles. The highest BCUT2D eigenvalue weighted by atomic mass is 32.1. The second-order valence-electron chi connectivity index (χ2n) is 5.61. The fourth-order valence-corrected chi connectivity index (χ4v) is 3.02. The zero-order chi connectivity index (χ0) is 18.3. The van der Waals surface area contributed by atoms with Crippen LogP contribution in [0, 0.1) is 23.7 Å². The van der Waals surface area contributed by atoms with Gasteiger partial charge in [-0.25, -0.2) is 0 Å². The second-order valence-corrected chi connectivity index (χ2v) is 5.98. The summed E-state index contributed by atoms with van der Waals surface area (Å²) in [4.78, 5) is 14.9. The number of rotatable bonds is 2. The van der Waals surface area contributed by atoms with Crippen molar-refractivity contribution >= 4 is 28.9 Å². The van der Waals surface area contributed by atoms with Crippen LogP contribution in [0.15, 0.2) is 18.2 Å². The minimum absolute atomic E-state index is 0.0285. The number of hydrogen-bond donors (Lipinski definition) is 0. The van der Waals surface area contributed by atoms with Crippen molar-refractivity contribution in [3.05, 3.63) is 29.3 Å². The van der Waals surface area contributed by atoms with E-state index in [2.05, 4.69) is 5.92 Å². The Labute approximate surface area is 142 Å². The summed E-state index contributed by atoms with van der Waals surface area (Å²) >= 11 is 5.22. The number of thiocarbonyl (C=S) groups is 1. The molecule has 0 unspecified atom stereocenters. The van der Waals surface area contributed by atoms with Gasteiger partial charge in [0.2, 0.25) is 0 Å². The predicted octanol–water partition coefficient (Wildman–Crippen LogP) is 2.92. The number of alkyl halides is 3. The Balaban J connectivity index is 2.60. The summed E-state index contributed by atoms with van der Waals surface area (Å²) in [5.74, 6) is 1.90. The number of benzene rings is 1. The first-order valence-electron chi connectivity index (χ1n) is 6.76. The molecule has 1 saturated heterocycles. The number of amides is 1. The maximum atomic E-state index is 13.2. The number of terminal acetylenes is 1. The zero-order valence-electron chi connectivity index (χ0n) is 12.8. The van der Waals surface area contributed by atoms with E-state index in [1.165, 1.54) is 21.9 Å². The molecular weight excluding hydrogens is 339 g/mol. The highest BCUT2D eigenvalue weighted by molar-refractivity contribution is 7.80. The molecule has 1 aliphatic rings. The number of nitriles is 1. The first-order chi connectivity index (χ1) is 11.1. The molecule has 0 aromatic heterocycles. The summed E-state index contributed by atoms with van der Waals surface area (Å²) in [6.07, 6.45) is 0.518. The molecular formula is C16H12F3N3OS. The molecule has 0 atom stereocenters. The van der Waals surface area contributed by atoms with Gasteiger partial charge < -0.3 is 4.90 Å². The van der Waals surface area contributed by atoms with E-state index < -0.39 is 28.7 Å². The van der Waals surface area contributed by atoms with Crippen LogP contribution in [0.1, 0.15) is 25.0 Å². The molecule has 4 nitrogen and oxygen atoms in total. The van der Waals surface area contributed by atoms with Crippen molar-refractivity contribution in [1.29, 1.82) is 5.26 Å². The lowest BCUT2D eigenvalue weighted by Crippen LogP contribution is -2.44. The van der Waals surface area contributed by atoms with E-state index in [4.69, 9.17) is 23.9 Å². The fraction of sp³-hybridized carbons (Fsp3) is 0.312. The van der Waals surface area contributed by atoms with Gasteiger partial charge in [0, 0.05) is 5.69 Å². The van der Waals surface area contributed by atoms with Crippen LogP contribution < -0.4 is 4.90 Å². The van der Waals surface area contributed by atoms with Crippen molar-refractivity contribution in [2.75, 3.05) is 11.4 Å². The molecule has 1 fully saturated rings. The average molecular weight is 351 g/mol. The third-order valence-electron chi connectivity index (χ3n) is 3.69. The summed E-state index contributed by atoms with van der Waals surface area (Å²) < 4.78 is 39.5. The van der Waals surface area contributed by atoms with Gasteiger partial charge in [0.25, 0.3) is 5.91 Å². The van der Waals surface area contributed by atoms with Gasteiger partial charge in [0.15, 0.2) is 5.11 Å². The molecule has 0 N–H and O–H groups in total. The minimum Gasteiger partial charge on any atom is -0.304 e. The normalized spacial score (nSPS) is 17.0. The number of anilines is 1. The monoisotopic (exact) mass is 351 g/mol. The highest BCUT2D eigenvalue weighted by Gasteiger charge is 2.49. The Kier molecular flexibility index (Phi) is 4.30. The molecule has 0 radical (unpaired) electrons. The van der Waals surface area contributed by atoms with Gasteiger partial charge in [-0.3, -0.25) is 9.69 Å². The largest absolute Gasteiger partial charge is 0.417 e. The SMILES string of the molecule is C#CCN1C(=O)C(C)(C)N(c2ccc(C#N)c(C(F)(F)F)c2)C1=S. The van der Waals surface area contributed by atoms with Crippen molar-refractivity contribution in [1.82, 2.24) is 4.90 Å². The van der Waals surface area contributed by atoms with E-state index in [1.807, 2.05) is 0 Å². The third kappa shape index (κ3) is 2.70. The number of nitrogens with zero attached hydrogens (tertiary/aromatic N) is 3. The van der Waals surface area contributed by atoms with Gasteiger partial charge in [0.05, 0.1) is 23.7 Å². The number of carbonyl (C=O) groups is 1. The van der Waals surface area contributed by atoms with Gasteiger partial charge in [-0.15, -0.1) is 6.42 Å². The van der Waals surface area contributed by atoms with Crippen molar-refractivity contribution in [3.63, 3.8) is 0 Å². The molecule has 0 spiro atoms. The highest BCUT2D eigenvalue weighted by Crippen LogP contribution is 2.38. The minimum atomic E-state index is -4.70. The lowest BCUT2D eigenvalue weighted by Gasteiger charge is -2.30. The molecule has 2 rings (SSSR count). The Hall–Kier alpha value is -2.58. The van der Waals surface area contributed by atoms with Gasteiger partial charge in [-0.2, -0.15) is 18.4 Å². The molecule has 0 bridgehead atoms. The Bertz CT molecular complexity index is 802. The van der Waals surface area contributed by atoms with Crippen LogP contribution in [0.2, 0.25) is 0 Å². The maximum Gasteiger partial charge on any atom is 0.417 e. The molecule has 1 aromatic rings. The van der Waals surface area contributed by atoms with Crippen LogP contribution in [0.5, 0.6) is 0 Å². The van der Waals surface area contributed by atoms with Gasteiger partial charge in [0.1, 0.15) is 5.54 Å². The molecule has 8 heteroatoms. The Morgan fingerprint density at radius 2 is 2.00 bits per heavy atom. The zero-order valence-corrected chi connectivity index (χ0v) is 13.6. The average Bonchev–Trinajstić information content (AvgIpc) is 2.66. The first-order valence-corrected chi connectivity index (χ1v) is 7.17. The molecule has 0 saturated carbocycles. The summed E-state index contributed by atoms with van der Waals surface area (Å²) in [6.45, 7) is 3.02. The van der Waals surface area contributed by atoms with E-state index >= 15 is 0 Å². The maximum absolute atomic E-state index is 13.2. The quantitative estimate of drug-likeness (QED) is 0.607. The standard InChI is InChI=1S/C16H12F3N3OS/c1-4-7-21-13(23)15(2,3)22(14(21)24)11-6-5-10(9-20)12(8-11)16(17,18)19/h1,5-6,8H,7H2,2-3H3. The summed E-state index contributed by atoms with van der Waals surface area (Å²) in [7, 11) is 0.